The molecule has 0 radical (unpaired) electrons. The number of aromatic nitrogens is 1. The smallest absolute Gasteiger partial charge is 0.322 e. The lowest BCUT2D eigenvalue weighted by molar-refractivity contribution is 0.0953. The van der Waals surface area contributed by atoms with E-state index in [0.29, 0.717) is 16.9 Å². The molecule has 11 heteroatoms. The van der Waals surface area contributed by atoms with Gasteiger partial charge in [-0.15, -0.1) is 0 Å². The van der Waals surface area contributed by atoms with Gasteiger partial charge in [0, 0.05) is 31.2 Å². The van der Waals surface area contributed by atoms with Crippen molar-refractivity contribution in [3.8, 4) is 0 Å². The van der Waals surface area contributed by atoms with Crippen molar-refractivity contribution in [3.05, 3.63) is 77.8 Å². The van der Waals surface area contributed by atoms with Gasteiger partial charge in [-0.3, -0.25) is 25.1 Å². The first-order valence-electron chi connectivity index (χ1n) is 10.9. The van der Waals surface area contributed by atoms with Crippen LogP contribution in [-0.2, 0) is 16.4 Å². The zero-order valence-corrected chi connectivity index (χ0v) is 20.2. The Morgan fingerprint density at radius 3 is 2.37 bits per heavy atom. The molecule has 1 saturated heterocycles. The molecule has 1 aromatic carbocycles. The Labute approximate surface area is 204 Å². The van der Waals surface area contributed by atoms with Gasteiger partial charge in [-0.1, -0.05) is 18.2 Å². The number of hydrogen-bond acceptors (Lipinski definition) is 7. The number of nitrogens with zero attached hydrogens (tertiary/aromatic N) is 4. The number of nitrogens with one attached hydrogen (secondary N) is 1. The average Bonchev–Trinajstić information content (AvgIpc) is 2.87. The van der Waals surface area contributed by atoms with Crippen LogP contribution in [0.2, 0.25) is 0 Å². The highest BCUT2D eigenvalue weighted by molar-refractivity contribution is 7.91. The van der Waals surface area contributed by atoms with Gasteiger partial charge in [-0.05, 0) is 55.1 Å². The van der Waals surface area contributed by atoms with E-state index in [0.717, 1.165) is 11.1 Å². The first-order valence-corrected chi connectivity index (χ1v) is 12.7. The summed E-state index contributed by atoms with van der Waals surface area (Å²) in [5.74, 6) is 4.56. The molecule has 3 N–H and O–H groups in total. The van der Waals surface area contributed by atoms with Crippen molar-refractivity contribution in [2.24, 2.45) is 10.8 Å². The minimum atomic E-state index is -3.14. The fraction of sp³-hybridized carbons (Fsp3) is 0.250. The van der Waals surface area contributed by atoms with Crippen LogP contribution in [0.25, 0.3) is 5.57 Å². The molecule has 35 heavy (non-hydrogen) atoms. The summed E-state index contributed by atoms with van der Waals surface area (Å²) in [5, 5.41) is 0. The lowest BCUT2D eigenvalue weighted by Crippen LogP contribution is -2.49. The van der Waals surface area contributed by atoms with Gasteiger partial charge >= 0.3 is 6.03 Å². The number of allylic oxidation sites excluding steroid dienone is 3. The highest BCUT2D eigenvalue weighted by atomic mass is 32.2. The molecule has 0 atom stereocenters. The van der Waals surface area contributed by atoms with Gasteiger partial charge in [0.25, 0.3) is 5.91 Å². The van der Waals surface area contributed by atoms with Crippen LogP contribution in [0.4, 0.5) is 10.5 Å². The van der Waals surface area contributed by atoms with Crippen LogP contribution in [0.3, 0.4) is 0 Å². The minimum Gasteiger partial charge on any atom is -0.322 e. The number of hydrogen-bond donors (Lipinski definition) is 2. The van der Waals surface area contributed by atoms with Crippen LogP contribution >= 0.6 is 0 Å². The summed E-state index contributed by atoms with van der Waals surface area (Å²) >= 11 is 0. The highest BCUT2D eigenvalue weighted by Crippen LogP contribution is 2.24. The van der Waals surface area contributed by atoms with Crippen LogP contribution in [0, 0.1) is 0 Å². The Balaban J connectivity index is 1.90. The van der Waals surface area contributed by atoms with Gasteiger partial charge in [0.05, 0.1) is 29.3 Å². The maximum atomic E-state index is 13.5. The van der Waals surface area contributed by atoms with Gasteiger partial charge in [-0.2, -0.15) is 0 Å². The van der Waals surface area contributed by atoms with Crippen LogP contribution in [0.1, 0.15) is 28.5 Å². The van der Waals surface area contributed by atoms with E-state index in [1.807, 2.05) is 48.8 Å². The Kier molecular flexibility index (Phi) is 8.50. The number of aliphatic imine (C=N–C) groups is 1. The number of pyridine rings is 1. The lowest BCUT2D eigenvalue weighted by atomic mass is 10.0. The Morgan fingerprint density at radius 2 is 1.83 bits per heavy atom. The summed E-state index contributed by atoms with van der Waals surface area (Å²) in [6, 6.07) is 10.3. The predicted octanol–water partition coefficient (Wildman–Crippen LogP) is 2.16. The summed E-state index contributed by atoms with van der Waals surface area (Å²) in [5.41, 5.74) is 5.39. The second-order valence-corrected chi connectivity index (χ2v) is 10.1. The number of nitrogen functional groups attached to an aromatic ring is 1. The maximum Gasteiger partial charge on any atom is 0.324 e. The molecular weight excluding hydrogens is 468 g/mol. The van der Waals surface area contributed by atoms with Gasteiger partial charge in [0.1, 0.15) is 0 Å². The summed E-state index contributed by atoms with van der Waals surface area (Å²) in [4.78, 5) is 36.3. The molecule has 1 fully saturated rings. The van der Waals surface area contributed by atoms with E-state index in [4.69, 9.17) is 5.84 Å². The van der Waals surface area contributed by atoms with Crippen molar-refractivity contribution < 1.29 is 18.0 Å². The predicted molar refractivity (Wildman–Crippen MR) is 136 cm³/mol. The number of sulfone groups is 1. The van der Waals surface area contributed by atoms with Crippen molar-refractivity contribution >= 4 is 39.8 Å². The Morgan fingerprint density at radius 1 is 1.17 bits per heavy atom. The highest BCUT2D eigenvalue weighted by Gasteiger charge is 2.29. The molecule has 184 valence electrons. The standard InChI is InChI=1S/C24H28N6O4S/c1-3-18(10-11-26-2)19-5-8-22(9-6-19)30(24(32)29-12-14-35(33,34)15-13-29)17-21-7-4-20(16-27-21)23(31)28-25/h3-11,16H,2,12-15,17,25H2,1H3,(H,28,31)/b11-10-,18-3+. The van der Waals surface area contributed by atoms with Gasteiger partial charge in [0.2, 0.25) is 0 Å². The van der Waals surface area contributed by atoms with E-state index in [2.05, 4.69) is 16.7 Å². The molecule has 3 rings (SSSR count). The van der Waals surface area contributed by atoms with Crippen LogP contribution in [-0.4, -0.2) is 61.6 Å². The number of hydrazine groups is 1. The number of rotatable bonds is 7. The summed E-state index contributed by atoms with van der Waals surface area (Å²) in [6.45, 7) is 5.74. The van der Waals surface area contributed by atoms with Gasteiger partial charge in [-0.25, -0.2) is 19.1 Å². The third-order valence-corrected chi connectivity index (χ3v) is 7.18. The van der Waals surface area contributed by atoms with Gasteiger partial charge < -0.3 is 4.90 Å². The Bertz CT molecular complexity index is 1220. The van der Waals surface area contributed by atoms with Gasteiger partial charge in [0.15, 0.2) is 9.84 Å². The quantitative estimate of drug-likeness (QED) is 0.198. The van der Waals surface area contributed by atoms with Crippen molar-refractivity contribution in [1.29, 1.82) is 0 Å². The summed E-state index contributed by atoms with van der Waals surface area (Å²) in [6.07, 6.45) is 6.76. The van der Waals surface area contributed by atoms with Crippen LogP contribution < -0.4 is 16.2 Å². The van der Waals surface area contributed by atoms with E-state index in [-0.39, 0.29) is 37.2 Å². The van der Waals surface area contributed by atoms with Crippen molar-refractivity contribution in [3.63, 3.8) is 0 Å². The number of anilines is 1. The Hall–Kier alpha value is -3.83. The number of amides is 3. The fourth-order valence-electron chi connectivity index (χ4n) is 3.57. The molecule has 1 aliphatic rings. The number of benzene rings is 1. The zero-order valence-electron chi connectivity index (χ0n) is 19.4. The maximum absolute atomic E-state index is 13.5. The molecule has 2 aromatic rings. The van der Waals surface area contributed by atoms with Crippen molar-refractivity contribution in [1.82, 2.24) is 15.3 Å². The molecule has 0 bridgehead atoms. The fourth-order valence-corrected chi connectivity index (χ4v) is 4.77. The van der Waals surface area contributed by atoms with Crippen molar-refractivity contribution in [2.75, 3.05) is 29.5 Å². The normalized spacial score (nSPS) is 15.6. The number of nitrogens with two attached hydrogens (primary N) is 1. The second-order valence-electron chi connectivity index (χ2n) is 7.81. The largest absolute Gasteiger partial charge is 0.324 e. The SMILES string of the molecule is C=N/C=C\C(=C/C)c1ccc(N(Cc2ccc(C(=O)NN)cn2)C(=O)N2CCS(=O)(=O)CC2)cc1. The first-order chi connectivity index (χ1) is 16.8. The molecule has 0 unspecified atom stereocenters. The van der Waals surface area contributed by atoms with Crippen molar-refractivity contribution in [2.45, 2.75) is 13.5 Å². The minimum absolute atomic E-state index is 0.0685. The molecule has 0 aliphatic carbocycles. The molecule has 1 aliphatic heterocycles. The molecule has 3 amide bonds. The van der Waals surface area contributed by atoms with E-state index in [1.165, 1.54) is 11.1 Å². The number of urea groups is 1. The molecule has 0 spiro atoms. The van der Waals surface area contributed by atoms with E-state index < -0.39 is 15.7 Å². The third-order valence-electron chi connectivity index (χ3n) is 5.57. The zero-order chi connectivity index (χ0) is 25.4. The second kappa shape index (κ2) is 11.5. The molecule has 0 saturated carbocycles. The lowest BCUT2D eigenvalue weighted by Gasteiger charge is -2.33. The molecule has 2 heterocycles. The topological polar surface area (TPSA) is 138 Å². The first kappa shape index (κ1) is 25.8. The summed E-state index contributed by atoms with van der Waals surface area (Å²) < 4.78 is 23.7. The number of carbonyl (C=O) groups excluding carboxylic acids is 2. The van der Waals surface area contributed by atoms with Crippen LogP contribution in [0.5, 0.6) is 0 Å². The molecule has 1 aromatic heterocycles. The molecule has 10 nitrogen and oxygen atoms in total. The third kappa shape index (κ3) is 6.61. The number of carbonyl (C=O) groups is 2. The monoisotopic (exact) mass is 496 g/mol. The summed E-state index contributed by atoms with van der Waals surface area (Å²) in [7, 11) is -3.14. The van der Waals surface area contributed by atoms with E-state index in [9.17, 15) is 18.0 Å². The van der Waals surface area contributed by atoms with Crippen LogP contribution in [0.15, 0.2) is 65.9 Å². The average molecular weight is 497 g/mol. The van der Waals surface area contributed by atoms with E-state index >= 15 is 0 Å². The molecular formula is C24H28N6O4S. The van der Waals surface area contributed by atoms with E-state index in [1.54, 1.807) is 23.2 Å².